The maximum absolute atomic E-state index is 13.4. The monoisotopic (exact) mass is 409 g/mol. The van der Waals surface area contributed by atoms with Crippen LogP contribution in [0, 0.1) is 5.82 Å². The van der Waals surface area contributed by atoms with Crippen LogP contribution >= 0.6 is 0 Å². The highest BCUT2D eigenvalue weighted by atomic mass is 19.1. The summed E-state index contributed by atoms with van der Waals surface area (Å²) < 4.78 is 20.6. The molecule has 4 rings (SSSR count). The van der Waals surface area contributed by atoms with Crippen molar-refractivity contribution in [3.63, 3.8) is 0 Å². The number of halogens is 1. The van der Waals surface area contributed by atoms with Crippen molar-refractivity contribution in [2.24, 2.45) is 7.05 Å². The number of piperazine rings is 1. The maximum Gasteiger partial charge on any atom is 0.141 e. The topological polar surface area (TPSA) is 46.4 Å². The molecule has 1 saturated heterocycles. The summed E-state index contributed by atoms with van der Waals surface area (Å²) in [6.07, 6.45) is 4.10. The molecule has 1 aliphatic rings. The van der Waals surface area contributed by atoms with E-state index in [0.29, 0.717) is 0 Å². The molecule has 0 bridgehead atoms. The Bertz CT molecular complexity index is 950. The summed E-state index contributed by atoms with van der Waals surface area (Å²) >= 11 is 0. The standard InChI is InChI=1S/C23H28FN5O/c1-27-22(8-10-26-27)23(21-7-6-19(24)17-25-21)29-14-12-28(13-15-29)11-9-18-4-3-5-20(16-18)30-2/h3-8,10,16-17,23H,9,11-15H2,1-2H3. The van der Waals surface area contributed by atoms with E-state index in [9.17, 15) is 4.39 Å². The van der Waals surface area contributed by atoms with Gasteiger partial charge in [0.1, 0.15) is 11.6 Å². The molecule has 0 saturated carbocycles. The molecule has 158 valence electrons. The van der Waals surface area contributed by atoms with Crippen LogP contribution < -0.4 is 4.74 Å². The summed E-state index contributed by atoms with van der Waals surface area (Å²) in [6, 6.07) is 13.5. The largest absolute Gasteiger partial charge is 0.497 e. The number of methoxy groups -OCH3 is 1. The van der Waals surface area contributed by atoms with E-state index in [1.165, 1.54) is 17.8 Å². The number of hydrogen-bond acceptors (Lipinski definition) is 5. The van der Waals surface area contributed by atoms with Gasteiger partial charge in [-0.05, 0) is 42.3 Å². The van der Waals surface area contributed by atoms with Gasteiger partial charge in [-0.3, -0.25) is 14.6 Å². The van der Waals surface area contributed by atoms with Crippen molar-refractivity contribution in [2.75, 3.05) is 39.8 Å². The second kappa shape index (κ2) is 9.36. The zero-order valence-corrected chi connectivity index (χ0v) is 17.5. The molecule has 1 aliphatic heterocycles. The van der Waals surface area contributed by atoms with Crippen LogP contribution in [-0.2, 0) is 13.5 Å². The van der Waals surface area contributed by atoms with E-state index in [1.807, 2.05) is 29.9 Å². The van der Waals surface area contributed by atoms with E-state index < -0.39 is 0 Å². The average Bonchev–Trinajstić information content (AvgIpc) is 3.20. The van der Waals surface area contributed by atoms with Crippen molar-refractivity contribution in [1.29, 1.82) is 0 Å². The summed E-state index contributed by atoms with van der Waals surface area (Å²) in [4.78, 5) is 9.29. The Morgan fingerprint density at radius 1 is 1.10 bits per heavy atom. The van der Waals surface area contributed by atoms with Crippen LogP contribution in [0.4, 0.5) is 4.39 Å². The van der Waals surface area contributed by atoms with E-state index in [0.717, 1.165) is 56.3 Å². The fourth-order valence-corrected chi connectivity index (χ4v) is 4.09. The molecular formula is C23H28FN5O. The molecule has 3 heterocycles. The summed E-state index contributed by atoms with van der Waals surface area (Å²) in [5, 5.41) is 4.33. The highest BCUT2D eigenvalue weighted by Gasteiger charge is 2.29. The van der Waals surface area contributed by atoms with Gasteiger partial charge < -0.3 is 9.64 Å². The van der Waals surface area contributed by atoms with E-state index >= 15 is 0 Å². The lowest BCUT2D eigenvalue weighted by atomic mass is 10.1. The van der Waals surface area contributed by atoms with Crippen LogP contribution in [0.1, 0.15) is 23.0 Å². The molecule has 1 unspecified atom stereocenters. The third kappa shape index (κ3) is 4.68. The minimum absolute atomic E-state index is 0.0290. The summed E-state index contributed by atoms with van der Waals surface area (Å²) in [7, 11) is 3.64. The van der Waals surface area contributed by atoms with Crippen LogP contribution in [0.3, 0.4) is 0 Å². The molecular weight excluding hydrogens is 381 g/mol. The molecule has 3 aromatic rings. The molecule has 0 radical (unpaired) electrons. The molecule has 30 heavy (non-hydrogen) atoms. The van der Waals surface area contributed by atoms with Gasteiger partial charge in [0.25, 0.3) is 0 Å². The van der Waals surface area contributed by atoms with Crippen LogP contribution in [0.15, 0.2) is 54.9 Å². The lowest BCUT2D eigenvalue weighted by molar-refractivity contribution is 0.106. The van der Waals surface area contributed by atoms with Gasteiger partial charge in [0.2, 0.25) is 0 Å². The summed E-state index contributed by atoms with van der Waals surface area (Å²) in [5.74, 6) is 0.591. The lowest BCUT2D eigenvalue weighted by Crippen LogP contribution is -2.48. The maximum atomic E-state index is 13.4. The first-order valence-corrected chi connectivity index (χ1v) is 10.3. The van der Waals surface area contributed by atoms with Gasteiger partial charge >= 0.3 is 0 Å². The molecule has 0 N–H and O–H groups in total. The highest BCUT2D eigenvalue weighted by molar-refractivity contribution is 5.28. The number of aromatic nitrogens is 3. The third-order valence-corrected chi connectivity index (χ3v) is 5.79. The number of rotatable bonds is 7. The Morgan fingerprint density at radius 3 is 2.60 bits per heavy atom. The minimum atomic E-state index is -0.315. The minimum Gasteiger partial charge on any atom is -0.497 e. The summed E-state index contributed by atoms with van der Waals surface area (Å²) in [6.45, 7) is 4.84. The zero-order valence-electron chi connectivity index (χ0n) is 17.5. The second-order valence-electron chi connectivity index (χ2n) is 7.66. The van der Waals surface area contributed by atoms with Gasteiger partial charge in [-0.15, -0.1) is 0 Å². The van der Waals surface area contributed by atoms with Crippen LogP contribution in [0.25, 0.3) is 0 Å². The molecule has 1 atom stereocenters. The van der Waals surface area contributed by atoms with Crippen molar-refractivity contribution in [1.82, 2.24) is 24.6 Å². The third-order valence-electron chi connectivity index (χ3n) is 5.79. The van der Waals surface area contributed by atoms with E-state index in [4.69, 9.17) is 4.74 Å². The number of pyridine rings is 1. The predicted octanol–water partition coefficient (Wildman–Crippen LogP) is 2.91. The Morgan fingerprint density at radius 2 is 1.93 bits per heavy atom. The number of nitrogens with zero attached hydrogens (tertiary/aromatic N) is 5. The number of aryl methyl sites for hydroxylation is 1. The first-order chi connectivity index (χ1) is 14.6. The normalized spacial score (nSPS) is 16.5. The fraction of sp³-hybridized carbons (Fsp3) is 0.391. The number of ether oxygens (including phenoxy) is 1. The molecule has 6 nitrogen and oxygen atoms in total. The molecule has 2 aromatic heterocycles. The lowest BCUT2D eigenvalue weighted by Gasteiger charge is -2.39. The molecule has 7 heteroatoms. The van der Waals surface area contributed by atoms with Gasteiger partial charge in [0.15, 0.2) is 0 Å². The van der Waals surface area contributed by atoms with Gasteiger partial charge in [-0.2, -0.15) is 5.10 Å². The van der Waals surface area contributed by atoms with E-state index in [2.05, 4.69) is 32.0 Å². The van der Waals surface area contributed by atoms with Crippen molar-refractivity contribution in [3.8, 4) is 5.75 Å². The van der Waals surface area contributed by atoms with Crippen molar-refractivity contribution in [2.45, 2.75) is 12.5 Å². The molecule has 0 amide bonds. The molecule has 1 fully saturated rings. The first kappa shape index (κ1) is 20.5. The van der Waals surface area contributed by atoms with Crippen LogP contribution in [0.2, 0.25) is 0 Å². The first-order valence-electron chi connectivity index (χ1n) is 10.3. The predicted molar refractivity (Wildman–Crippen MR) is 114 cm³/mol. The number of hydrogen-bond donors (Lipinski definition) is 0. The van der Waals surface area contributed by atoms with Gasteiger partial charge in [-0.25, -0.2) is 4.39 Å². The number of benzene rings is 1. The van der Waals surface area contributed by atoms with Crippen LogP contribution in [0.5, 0.6) is 5.75 Å². The van der Waals surface area contributed by atoms with E-state index in [1.54, 1.807) is 19.4 Å². The Hall–Kier alpha value is -2.77. The van der Waals surface area contributed by atoms with Crippen molar-refractivity contribution in [3.05, 3.63) is 77.6 Å². The van der Waals surface area contributed by atoms with Gasteiger partial charge in [0, 0.05) is 46.0 Å². The van der Waals surface area contributed by atoms with E-state index in [-0.39, 0.29) is 11.9 Å². The quantitative estimate of drug-likeness (QED) is 0.601. The van der Waals surface area contributed by atoms with Crippen LogP contribution in [-0.4, -0.2) is 64.4 Å². The molecule has 1 aromatic carbocycles. The summed E-state index contributed by atoms with van der Waals surface area (Å²) in [5.41, 5.74) is 3.21. The SMILES string of the molecule is COc1cccc(CCN2CCN(C(c3ccc(F)cn3)c3ccnn3C)CC2)c1. The van der Waals surface area contributed by atoms with Gasteiger partial charge in [-0.1, -0.05) is 12.1 Å². The van der Waals surface area contributed by atoms with Crippen molar-refractivity contribution >= 4 is 0 Å². The highest BCUT2D eigenvalue weighted by Crippen LogP contribution is 2.28. The van der Waals surface area contributed by atoms with Gasteiger partial charge in [0.05, 0.1) is 30.7 Å². The average molecular weight is 410 g/mol. The second-order valence-corrected chi connectivity index (χ2v) is 7.66. The Kier molecular flexibility index (Phi) is 6.40. The fourth-order valence-electron chi connectivity index (χ4n) is 4.09. The Labute approximate surface area is 176 Å². The molecule has 0 aliphatic carbocycles. The zero-order chi connectivity index (χ0) is 20.9. The molecule has 0 spiro atoms. The smallest absolute Gasteiger partial charge is 0.141 e. The Balaban J connectivity index is 1.41. The van der Waals surface area contributed by atoms with Crippen molar-refractivity contribution < 1.29 is 9.13 Å².